The number of pyridine rings is 1. The largest absolute Gasteiger partial charge is 0.477 e. The molecule has 0 radical (unpaired) electrons. The topological polar surface area (TPSA) is 54.6 Å². The molecule has 2 rings (SSSR count). The van der Waals surface area contributed by atoms with Crippen LogP contribution in [0, 0.1) is 0 Å². The van der Waals surface area contributed by atoms with Crippen molar-refractivity contribution >= 4 is 23.2 Å². The summed E-state index contributed by atoms with van der Waals surface area (Å²) in [5, 5.41) is 9.61. The van der Waals surface area contributed by atoms with Crippen molar-refractivity contribution in [1.82, 2.24) is 9.38 Å². The summed E-state index contributed by atoms with van der Waals surface area (Å²) in [6.45, 7) is 1.87. The summed E-state index contributed by atoms with van der Waals surface area (Å²) in [5.74, 6) is -0.971. The van der Waals surface area contributed by atoms with Gasteiger partial charge in [0, 0.05) is 17.3 Å². The number of imidazole rings is 1. The highest BCUT2D eigenvalue weighted by molar-refractivity contribution is 6.30. The van der Waals surface area contributed by atoms with Crippen LogP contribution in [0.2, 0.25) is 5.02 Å². The van der Waals surface area contributed by atoms with Gasteiger partial charge in [0.1, 0.15) is 5.65 Å². The molecule has 4 nitrogen and oxygen atoms in total. The molecular weight excluding hydrogens is 216 g/mol. The van der Waals surface area contributed by atoms with Gasteiger partial charge >= 0.3 is 5.97 Å². The van der Waals surface area contributed by atoms with Gasteiger partial charge in [-0.15, -0.1) is 0 Å². The van der Waals surface area contributed by atoms with Gasteiger partial charge < -0.3 is 5.11 Å². The van der Waals surface area contributed by atoms with E-state index in [2.05, 4.69) is 4.98 Å². The summed E-state index contributed by atoms with van der Waals surface area (Å²) >= 11 is 5.80. The highest BCUT2D eigenvalue weighted by atomic mass is 35.5. The highest BCUT2D eigenvalue weighted by Crippen LogP contribution is 2.17. The molecule has 0 spiro atoms. The van der Waals surface area contributed by atoms with E-state index in [1.54, 1.807) is 18.3 Å². The van der Waals surface area contributed by atoms with E-state index < -0.39 is 5.97 Å². The van der Waals surface area contributed by atoms with E-state index in [9.17, 15) is 4.79 Å². The number of hydrogen-bond acceptors (Lipinski definition) is 2. The van der Waals surface area contributed by atoms with Crippen molar-refractivity contribution < 1.29 is 9.90 Å². The maximum absolute atomic E-state index is 11.0. The van der Waals surface area contributed by atoms with Crippen molar-refractivity contribution in [3.05, 3.63) is 34.7 Å². The van der Waals surface area contributed by atoms with Crippen LogP contribution >= 0.6 is 11.6 Å². The van der Waals surface area contributed by atoms with Crippen LogP contribution in [0.5, 0.6) is 0 Å². The van der Waals surface area contributed by atoms with E-state index >= 15 is 0 Å². The lowest BCUT2D eigenvalue weighted by atomic mass is 10.2. The quantitative estimate of drug-likeness (QED) is 0.851. The first-order valence-electron chi connectivity index (χ1n) is 4.53. The van der Waals surface area contributed by atoms with E-state index in [-0.39, 0.29) is 5.69 Å². The molecule has 0 aliphatic carbocycles. The van der Waals surface area contributed by atoms with Crippen LogP contribution in [0.4, 0.5) is 0 Å². The van der Waals surface area contributed by atoms with Gasteiger partial charge in [-0.1, -0.05) is 18.5 Å². The average molecular weight is 225 g/mol. The summed E-state index contributed by atoms with van der Waals surface area (Å²) in [6, 6.07) is 3.29. The normalized spacial score (nSPS) is 10.8. The molecule has 1 N–H and O–H groups in total. The Morgan fingerprint density at radius 1 is 1.67 bits per heavy atom. The fraction of sp³-hybridized carbons (Fsp3) is 0.200. The fourth-order valence-electron chi connectivity index (χ4n) is 1.54. The zero-order chi connectivity index (χ0) is 11.0. The summed E-state index contributed by atoms with van der Waals surface area (Å²) < 4.78 is 1.53. The Hall–Kier alpha value is -1.55. The standard InChI is InChI=1S/C10H9ClN2O2/c1-2-7-9(10(14)15)13-4-3-6(11)5-8(13)12-7/h3-5H,2H2,1H3,(H,14,15). The first-order valence-corrected chi connectivity index (χ1v) is 4.91. The maximum Gasteiger partial charge on any atom is 0.354 e. The smallest absolute Gasteiger partial charge is 0.354 e. The van der Waals surface area contributed by atoms with Gasteiger partial charge in [0.25, 0.3) is 0 Å². The number of aromatic carboxylic acids is 1. The van der Waals surface area contributed by atoms with Gasteiger partial charge in [-0.25, -0.2) is 9.78 Å². The number of hydrogen-bond donors (Lipinski definition) is 1. The third-order valence-electron chi connectivity index (χ3n) is 2.20. The minimum absolute atomic E-state index is 0.212. The molecule has 0 unspecified atom stereocenters. The van der Waals surface area contributed by atoms with Crippen LogP contribution in [0.15, 0.2) is 18.3 Å². The second-order valence-corrected chi connectivity index (χ2v) is 3.58. The van der Waals surface area contributed by atoms with Crippen molar-refractivity contribution in [3.63, 3.8) is 0 Å². The first kappa shape index (κ1) is 9.98. The molecular formula is C10H9ClN2O2. The van der Waals surface area contributed by atoms with E-state index in [0.29, 0.717) is 22.8 Å². The lowest BCUT2D eigenvalue weighted by molar-refractivity contribution is 0.0688. The summed E-state index contributed by atoms with van der Waals surface area (Å²) in [7, 11) is 0. The average Bonchev–Trinajstić information content (AvgIpc) is 2.54. The predicted octanol–water partition coefficient (Wildman–Crippen LogP) is 2.25. The minimum atomic E-state index is -0.971. The Morgan fingerprint density at radius 3 is 3.00 bits per heavy atom. The van der Waals surface area contributed by atoms with Gasteiger partial charge in [-0.05, 0) is 12.5 Å². The Morgan fingerprint density at radius 2 is 2.40 bits per heavy atom. The number of rotatable bonds is 2. The lowest BCUT2D eigenvalue weighted by Gasteiger charge is -1.97. The Kier molecular flexibility index (Phi) is 2.36. The van der Waals surface area contributed by atoms with Crippen LogP contribution < -0.4 is 0 Å². The van der Waals surface area contributed by atoms with Gasteiger partial charge in [-0.3, -0.25) is 4.40 Å². The Bertz CT molecular complexity index is 533. The number of aryl methyl sites for hydroxylation is 1. The molecule has 0 atom stereocenters. The van der Waals surface area contributed by atoms with Crippen molar-refractivity contribution in [2.45, 2.75) is 13.3 Å². The van der Waals surface area contributed by atoms with E-state index in [1.165, 1.54) is 4.40 Å². The van der Waals surface area contributed by atoms with Crippen molar-refractivity contribution in [1.29, 1.82) is 0 Å². The lowest BCUT2D eigenvalue weighted by Crippen LogP contribution is -2.04. The van der Waals surface area contributed by atoms with Crippen LogP contribution in [0.1, 0.15) is 23.1 Å². The number of carbonyl (C=O) groups is 1. The number of carboxylic acids is 1. The second kappa shape index (κ2) is 3.55. The highest BCUT2D eigenvalue weighted by Gasteiger charge is 2.16. The first-order chi connectivity index (χ1) is 7.13. The number of carboxylic acid groups (broad SMARTS) is 1. The molecule has 0 saturated heterocycles. The van der Waals surface area contributed by atoms with Crippen LogP contribution in [-0.4, -0.2) is 20.5 Å². The maximum atomic E-state index is 11.0. The van der Waals surface area contributed by atoms with E-state index in [1.807, 2.05) is 6.92 Å². The fourth-order valence-corrected chi connectivity index (χ4v) is 1.70. The molecule has 2 heterocycles. The van der Waals surface area contributed by atoms with Gasteiger partial charge in [0.15, 0.2) is 5.69 Å². The van der Waals surface area contributed by atoms with Gasteiger partial charge in [0.05, 0.1) is 5.69 Å². The Labute approximate surface area is 91.1 Å². The van der Waals surface area contributed by atoms with Crippen LogP contribution in [-0.2, 0) is 6.42 Å². The molecule has 0 aromatic carbocycles. The number of aromatic nitrogens is 2. The monoisotopic (exact) mass is 224 g/mol. The molecule has 15 heavy (non-hydrogen) atoms. The summed E-state index contributed by atoms with van der Waals surface area (Å²) in [4.78, 5) is 15.3. The molecule has 0 saturated carbocycles. The molecule has 0 fully saturated rings. The molecule has 78 valence electrons. The van der Waals surface area contributed by atoms with Gasteiger partial charge in [0.2, 0.25) is 0 Å². The molecule has 0 amide bonds. The third-order valence-corrected chi connectivity index (χ3v) is 2.43. The number of nitrogens with zero attached hydrogens (tertiary/aromatic N) is 2. The van der Waals surface area contributed by atoms with Crippen molar-refractivity contribution in [2.24, 2.45) is 0 Å². The minimum Gasteiger partial charge on any atom is -0.477 e. The number of halogens is 1. The summed E-state index contributed by atoms with van der Waals surface area (Å²) in [6.07, 6.45) is 2.20. The van der Waals surface area contributed by atoms with Crippen molar-refractivity contribution in [2.75, 3.05) is 0 Å². The van der Waals surface area contributed by atoms with Gasteiger partial charge in [-0.2, -0.15) is 0 Å². The SMILES string of the molecule is CCc1nc2cc(Cl)ccn2c1C(=O)O. The van der Waals surface area contributed by atoms with Crippen LogP contribution in [0.3, 0.4) is 0 Å². The van der Waals surface area contributed by atoms with E-state index in [4.69, 9.17) is 16.7 Å². The molecule has 2 aromatic heterocycles. The molecule has 5 heteroatoms. The number of fused-ring (bicyclic) bond motifs is 1. The predicted molar refractivity (Wildman–Crippen MR) is 56.5 cm³/mol. The van der Waals surface area contributed by atoms with E-state index in [0.717, 1.165) is 0 Å². The zero-order valence-corrected chi connectivity index (χ0v) is 8.82. The molecule has 0 aliphatic rings. The molecule has 0 aliphatic heterocycles. The Balaban J connectivity index is 2.80. The van der Waals surface area contributed by atoms with Crippen LogP contribution in [0.25, 0.3) is 5.65 Å². The molecule has 0 bridgehead atoms. The zero-order valence-electron chi connectivity index (χ0n) is 8.07. The summed E-state index contributed by atoms with van der Waals surface area (Å²) in [5.41, 5.74) is 1.35. The van der Waals surface area contributed by atoms with Crippen molar-refractivity contribution in [3.8, 4) is 0 Å². The third kappa shape index (κ3) is 1.57. The molecule has 2 aromatic rings. The second-order valence-electron chi connectivity index (χ2n) is 3.14.